The number of urea groups is 1. The number of carbonyl (C=O) groups is 3. The van der Waals surface area contributed by atoms with Gasteiger partial charge in [0, 0.05) is 31.7 Å². The molecule has 0 radical (unpaired) electrons. The molecule has 148 valence electrons. The Labute approximate surface area is 158 Å². The first-order valence-corrected chi connectivity index (χ1v) is 9.28. The highest BCUT2D eigenvalue weighted by atomic mass is 19.1. The van der Waals surface area contributed by atoms with Crippen LogP contribution >= 0.6 is 0 Å². The first kappa shape index (κ1) is 20.7. The average Bonchev–Trinajstić information content (AvgIpc) is 2.62. The van der Waals surface area contributed by atoms with Crippen molar-refractivity contribution < 1.29 is 18.8 Å². The molecule has 0 aromatic heterocycles. The predicted octanol–water partition coefficient (Wildman–Crippen LogP) is 2.24. The number of rotatable bonds is 7. The van der Waals surface area contributed by atoms with E-state index in [2.05, 4.69) is 16.0 Å². The van der Waals surface area contributed by atoms with Gasteiger partial charge in [-0.25, -0.2) is 9.18 Å². The highest BCUT2D eigenvalue weighted by molar-refractivity contribution is 5.94. The van der Waals surface area contributed by atoms with Crippen LogP contribution in [0.3, 0.4) is 0 Å². The Balaban J connectivity index is 1.64. The SMILES string of the molecule is CN(CC(=O)Nc1cccc(F)c1)C(=O)CCNC(=O)NC1CCCCC1. The zero-order chi connectivity index (χ0) is 19.6. The number of halogens is 1. The lowest BCUT2D eigenvalue weighted by Gasteiger charge is -2.23. The van der Waals surface area contributed by atoms with Crippen LogP contribution in [0.5, 0.6) is 0 Å². The number of anilines is 1. The van der Waals surface area contributed by atoms with E-state index in [0.717, 1.165) is 25.7 Å². The van der Waals surface area contributed by atoms with Crippen molar-refractivity contribution in [3.63, 3.8) is 0 Å². The molecule has 7 nitrogen and oxygen atoms in total. The fourth-order valence-corrected chi connectivity index (χ4v) is 3.03. The molecular formula is C19H27FN4O3. The molecule has 8 heteroatoms. The molecule has 1 aromatic carbocycles. The van der Waals surface area contributed by atoms with Crippen molar-refractivity contribution >= 4 is 23.5 Å². The van der Waals surface area contributed by atoms with Gasteiger partial charge in [-0.2, -0.15) is 0 Å². The second-order valence-corrected chi connectivity index (χ2v) is 6.79. The molecule has 1 aliphatic carbocycles. The highest BCUT2D eigenvalue weighted by Gasteiger charge is 2.16. The molecule has 0 unspecified atom stereocenters. The average molecular weight is 378 g/mol. The number of amides is 4. The van der Waals surface area contributed by atoms with Gasteiger partial charge in [-0.15, -0.1) is 0 Å². The molecule has 1 fully saturated rings. The number of nitrogens with one attached hydrogen (secondary N) is 3. The lowest BCUT2D eigenvalue weighted by atomic mass is 9.96. The van der Waals surface area contributed by atoms with E-state index < -0.39 is 11.7 Å². The van der Waals surface area contributed by atoms with Crippen molar-refractivity contribution in [2.24, 2.45) is 0 Å². The van der Waals surface area contributed by atoms with Gasteiger partial charge in [-0.3, -0.25) is 9.59 Å². The minimum absolute atomic E-state index is 0.0990. The summed E-state index contributed by atoms with van der Waals surface area (Å²) < 4.78 is 13.1. The highest BCUT2D eigenvalue weighted by Crippen LogP contribution is 2.17. The minimum Gasteiger partial charge on any atom is -0.338 e. The monoisotopic (exact) mass is 378 g/mol. The van der Waals surface area contributed by atoms with Gasteiger partial charge in [0.2, 0.25) is 11.8 Å². The Kier molecular flexibility index (Phi) is 8.03. The van der Waals surface area contributed by atoms with Gasteiger partial charge >= 0.3 is 6.03 Å². The Bertz CT molecular complexity index is 662. The number of hydrogen-bond donors (Lipinski definition) is 3. The van der Waals surface area contributed by atoms with Crippen molar-refractivity contribution in [3.8, 4) is 0 Å². The summed E-state index contributed by atoms with van der Waals surface area (Å²) in [4.78, 5) is 37.1. The molecule has 0 aliphatic heterocycles. The van der Waals surface area contributed by atoms with E-state index in [1.165, 1.54) is 36.6 Å². The van der Waals surface area contributed by atoms with Crippen LogP contribution in [0.1, 0.15) is 38.5 Å². The first-order chi connectivity index (χ1) is 12.9. The molecule has 0 spiro atoms. The molecule has 0 saturated heterocycles. The maximum Gasteiger partial charge on any atom is 0.315 e. The van der Waals surface area contributed by atoms with Crippen LogP contribution in [0.25, 0.3) is 0 Å². The van der Waals surface area contributed by atoms with Crippen LogP contribution in [0.4, 0.5) is 14.9 Å². The molecule has 3 N–H and O–H groups in total. The van der Waals surface area contributed by atoms with Crippen LogP contribution in [-0.2, 0) is 9.59 Å². The molecule has 1 saturated carbocycles. The number of likely N-dealkylation sites (N-methyl/N-ethyl adjacent to an activating group) is 1. The van der Waals surface area contributed by atoms with Gasteiger partial charge in [0.25, 0.3) is 0 Å². The fourth-order valence-electron chi connectivity index (χ4n) is 3.03. The standard InChI is InChI=1S/C19H27FN4O3/c1-24(13-17(25)22-16-9-5-6-14(20)12-16)18(26)10-11-21-19(27)23-15-7-3-2-4-8-15/h5-6,9,12,15H,2-4,7-8,10-11,13H2,1H3,(H,22,25)(H2,21,23,27). The molecule has 1 aliphatic rings. The maximum atomic E-state index is 13.1. The molecule has 0 bridgehead atoms. The van der Waals surface area contributed by atoms with E-state index in [-0.39, 0.29) is 37.5 Å². The van der Waals surface area contributed by atoms with Crippen molar-refractivity contribution in [2.45, 2.75) is 44.6 Å². The normalized spacial score (nSPS) is 14.3. The molecular weight excluding hydrogens is 351 g/mol. The smallest absolute Gasteiger partial charge is 0.315 e. The molecule has 0 atom stereocenters. The Hall–Kier alpha value is -2.64. The van der Waals surface area contributed by atoms with Crippen molar-refractivity contribution in [3.05, 3.63) is 30.1 Å². The van der Waals surface area contributed by atoms with Crippen LogP contribution in [0, 0.1) is 5.82 Å². The molecule has 27 heavy (non-hydrogen) atoms. The largest absolute Gasteiger partial charge is 0.338 e. The summed E-state index contributed by atoms with van der Waals surface area (Å²) in [5, 5.41) is 8.13. The van der Waals surface area contributed by atoms with Crippen molar-refractivity contribution in [1.29, 1.82) is 0 Å². The molecule has 4 amide bonds. The first-order valence-electron chi connectivity index (χ1n) is 9.28. The summed E-state index contributed by atoms with van der Waals surface area (Å²) in [7, 11) is 1.51. The van der Waals surface area contributed by atoms with E-state index in [0.29, 0.717) is 5.69 Å². The fraction of sp³-hybridized carbons (Fsp3) is 0.526. The van der Waals surface area contributed by atoms with Crippen molar-refractivity contribution in [1.82, 2.24) is 15.5 Å². The summed E-state index contributed by atoms with van der Waals surface area (Å²) in [6.07, 6.45) is 5.57. The third-order valence-corrected chi connectivity index (χ3v) is 4.48. The van der Waals surface area contributed by atoms with Crippen LogP contribution in [0.2, 0.25) is 0 Å². The summed E-state index contributed by atoms with van der Waals surface area (Å²) >= 11 is 0. The quantitative estimate of drug-likeness (QED) is 0.680. The zero-order valence-corrected chi connectivity index (χ0v) is 15.6. The molecule has 1 aromatic rings. The van der Waals surface area contributed by atoms with Gasteiger partial charge in [-0.05, 0) is 31.0 Å². The third kappa shape index (κ3) is 7.64. The Morgan fingerprint density at radius 3 is 2.63 bits per heavy atom. The van der Waals surface area contributed by atoms with E-state index in [1.807, 2.05) is 0 Å². The summed E-state index contributed by atoms with van der Waals surface area (Å²) in [5.41, 5.74) is 0.335. The molecule has 2 rings (SSSR count). The van der Waals surface area contributed by atoms with E-state index in [9.17, 15) is 18.8 Å². The molecule has 0 heterocycles. The lowest BCUT2D eigenvalue weighted by molar-refractivity contribution is -0.133. The summed E-state index contributed by atoms with van der Waals surface area (Å²) in [6, 6.07) is 5.49. The van der Waals surface area contributed by atoms with Gasteiger partial charge in [0.05, 0.1) is 6.54 Å². The minimum atomic E-state index is -0.449. The zero-order valence-electron chi connectivity index (χ0n) is 15.6. The maximum absolute atomic E-state index is 13.1. The predicted molar refractivity (Wildman–Crippen MR) is 101 cm³/mol. The summed E-state index contributed by atoms with van der Waals surface area (Å²) in [5.74, 6) is -1.13. The summed E-state index contributed by atoms with van der Waals surface area (Å²) in [6.45, 7) is 0.0524. The van der Waals surface area contributed by atoms with Gasteiger partial charge < -0.3 is 20.9 Å². The van der Waals surface area contributed by atoms with Crippen LogP contribution in [0.15, 0.2) is 24.3 Å². The second kappa shape index (κ2) is 10.5. The van der Waals surface area contributed by atoms with E-state index >= 15 is 0 Å². The van der Waals surface area contributed by atoms with E-state index in [1.54, 1.807) is 6.07 Å². The Morgan fingerprint density at radius 1 is 1.19 bits per heavy atom. The number of benzene rings is 1. The van der Waals surface area contributed by atoms with Gasteiger partial charge in [-0.1, -0.05) is 25.3 Å². The van der Waals surface area contributed by atoms with E-state index in [4.69, 9.17) is 0 Å². The van der Waals surface area contributed by atoms with Crippen LogP contribution in [-0.4, -0.2) is 48.9 Å². The number of nitrogens with zero attached hydrogens (tertiary/aromatic N) is 1. The van der Waals surface area contributed by atoms with Crippen LogP contribution < -0.4 is 16.0 Å². The second-order valence-electron chi connectivity index (χ2n) is 6.79. The number of hydrogen-bond acceptors (Lipinski definition) is 3. The van der Waals surface area contributed by atoms with Crippen molar-refractivity contribution in [2.75, 3.05) is 25.5 Å². The van der Waals surface area contributed by atoms with Gasteiger partial charge in [0.1, 0.15) is 5.82 Å². The Morgan fingerprint density at radius 2 is 1.93 bits per heavy atom. The third-order valence-electron chi connectivity index (χ3n) is 4.48. The number of carbonyl (C=O) groups excluding carboxylic acids is 3. The lowest BCUT2D eigenvalue weighted by Crippen LogP contribution is -2.44. The van der Waals surface area contributed by atoms with Gasteiger partial charge in [0.15, 0.2) is 0 Å². The topological polar surface area (TPSA) is 90.5 Å².